The van der Waals surface area contributed by atoms with E-state index in [1.807, 2.05) is 0 Å². The molecule has 0 amide bonds. The topological polar surface area (TPSA) is 53.9 Å². The van der Waals surface area contributed by atoms with Crippen LogP contribution < -0.4 is 5.32 Å². The summed E-state index contributed by atoms with van der Waals surface area (Å²) in [6.07, 6.45) is -17.2. The highest BCUT2D eigenvalue weighted by atomic mass is 19.4. The number of rotatable bonds is 3. The summed E-state index contributed by atoms with van der Waals surface area (Å²) in [7, 11) is 0. The summed E-state index contributed by atoms with van der Waals surface area (Å²) in [4.78, 5) is 4.59. The van der Waals surface area contributed by atoms with Crippen molar-refractivity contribution in [1.29, 1.82) is 0 Å². The zero-order chi connectivity index (χ0) is 25.2. The van der Waals surface area contributed by atoms with Gasteiger partial charge in [0.05, 0.1) is 16.8 Å². The fourth-order valence-electron chi connectivity index (χ4n) is 3.79. The Hall–Kier alpha value is -2.80. The zero-order valence-corrected chi connectivity index (χ0v) is 16.9. The van der Waals surface area contributed by atoms with Crippen molar-refractivity contribution < 1.29 is 49.5 Å². The van der Waals surface area contributed by atoms with E-state index in [-0.39, 0.29) is 42.6 Å². The first-order valence-corrected chi connectivity index (χ1v) is 9.71. The van der Waals surface area contributed by atoms with Crippen LogP contribution >= 0.6 is 0 Å². The molecule has 0 aromatic heterocycles. The Bertz CT molecular complexity index is 1080. The molecule has 2 N–H and O–H groups in total. The normalized spacial score (nSPS) is 22.7. The number of alkyl halides is 9. The number of halogens is 9. The lowest BCUT2D eigenvalue weighted by Crippen LogP contribution is -2.56. The SMILES string of the molecule is OC1(c2ccc(C3=NOC(c4cc(C(F)(F)F)cc(C(F)(F)F)c4)(C(F)(F)F)C3)cc2)CNC1. The summed E-state index contributed by atoms with van der Waals surface area (Å²) in [5.41, 5.74) is -9.61. The first-order chi connectivity index (χ1) is 15.6. The Kier molecular flexibility index (Phi) is 5.44. The molecule has 34 heavy (non-hydrogen) atoms. The highest BCUT2D eigenvalue weighted by Gasteiger charge is 2.63. The number of aliphatic hydroxyl groups is 1. The lowest BCUT2D eigenvalue weighted by Gasteiger charge is -2.38. The molecule has 0 aliphatic carbocycles. The number of nitrogens with one attached hydrogen (secondary N) is 1. The monoisotopic (exact) mass is 498 g/mol. The maximum absolute atomic E-state index is 14.1. The summed E-state index contributed by atoms with van der Waals surface area (Å²) < 4.78 is 122. The summed E-state index contributed by atoms with van der Waals surface area (Å²) in [6.45, 7) is 0.537. The molecule has 0 spiro atoms. The highest BCUT2D eigenvalue weighted by Crippen LogP contribution is 2.51. The van der Waals surface area contributed by atoms with Gasteiger partial charge in [0.15, 0.2) is 0 Å². The van der Waals surface area contributed by atoms with E-state index in [0.717, 1.165) is 0 Å². The van der Waals surface area contributed by atoms with Crippen molar-refractivity contribution in [1.82, 2.24) is 5.32 Å². The standard InChI is InChI=1S/C21H15F9N2O2/c22-19(23,24)14-5-13(6-15(7-14)20(25,26)27)18(21(28,29)30)8-16(32-34-18)11-1-3-12(4-2-11)17(33)9-31-10-17/h1-7,31,33H,8-10H2. The predicted octanol–water partition coefficient (Wildman–Crippen LogP) is 5.10. The Morgan fingerprint density at radius 1 is 0.794 bits per heavy atom. The van der Waals surface area contributed by atoms with Gasteiger partial charge in [-0.3, -0.25) is 0 Å². The quantitative estimate of drug-likeness (QED) is 0.580. The van der Waals surface area contributed by atoms with Gasteiger partial charge in [0.2, 0.25) is 0 Å². The van der Waals surface area contributed by atoms with Gasteiger partial charge in [0.25, 0.3) is 5.60 Å². The van der Waals surface area contributed by atoms with E-state index in [9.17, 15) is 44.6 Å². The van der Waals surface area contributed by atoms with Crippen molar-refractivity contribution in [3.63, 3.8) is 0 Å². The van der Waals surface area contributed by atoms with E-state index in [1.54, 1.807) is 0 Å². The Morgan fingerprint density at radius 3 is 1.74 bits per heavy atom. The van der Waals surface area contributed by atoms with Crippen LogP contribution in [0.25, 0.3) is 0 Å². The number of hydrogen-bond acceptors (Lipinski definition) is 4. The Labute approximate surface area is 186 Å². The maximum atomic E-state index is 14.1. The van der Waals surface area contributed by atoms with E-state index < -0.39 is 52.8 Å². The number of β-amino-alcohol motifs (C(OH)–C–C–N with tert-alkyl or cyclic N) is 1. The molecule has 1 fully saturated rings. The van der Waals surface area contributed by atoms with Crippen LogP contribution in [0.15, 0.2) is 47.6 Å². The van der Waals surface area contributed by atoms with Gasteiger partial charge in [-0.15, -0.1) is 0 Å². The summed E-state index contributed by atoms with van der Waals surface area (Å²) in [6, 6.07) is 5.29. The van der Waals surface area contributed by atoms with Crippen molar-refractivity contribution in [2.75, 3.05) is 13.1 Å². The van der Waals surface area contributed by atoms with Crippen molar-refractivity contribution in [3.05, 3.63) is 70.3 Å². The lowest BCUT2D eigenvalue weighted by atomic mass is 9.83. The summed E-state index contributed by atoms with van der Waals surface area (Å²) >= 11 is 0. The van der Waals surface area contributed by atoms with Gasteiger partial charge >= 0.3 is 18.5 Å². The molecule has 13 heteroatoms. The third-order valence-corrected chi connectivity index (χ3v) is 5.83. The summed E-state index contributed by atoms with van der Waals surface area (Å²) in [5, 5.41) is 16.5. The average molecular weight is 498 g/mol. The van der Waals surface area contributed by atoms with Crippen LogP contribution in [-0.4, -0.2) is 30.1 Å². The smallest absolute Gasteiger partial charge is 0.382 e. The minimum Gasteiger partial charge on any atom is -0.382 e. The molecule has 0 saturated carbocycles. The average Bonchev–Trinajstić information content (AvgIpc) is 3.17. The second kappa shape index (κ2) is 7.60. The van der Waals surface area contributed by atoms with Crippen molar-refractivity contribution in [3.8, 4) is 0 Å². The molecule has 4 rings (SSSR count). The van der Waals surface area contributed by atoms with Gasteiger partial charge < -0.3 is 15.3 Å². The largest absolute Gasteiger partial charge is 0.435 e. The number of benzene rings is 2. The first kappa shape index (κ1) is 24.3. The van der Waals surface area contributed by atoms with Crippen molar-refractivity contribution in [2.24, 2.45) is 5.16 Å². The minimum atomic E-state index is -5.40. The van der Waals surface area contributed by atoms with Gasteiger partial charge in [0.1, 0.15) is 5.60 Å². The molecule has 1 atom stereocenters. The summed E-state index contributed by atoms with van der Waals surface area (Å²) in [5.74, 6) is 0. The first-order valence-electron chi connectivity index (χ1n) is 9.71. The lowest BCUT2D eigenvalue weighted by molar-refractivity contribution is -0.276. The maximum Gasteiger partial charge on any atom is 0.435 e. The van der Waals surface area contributed by atoms with E-state index in [0.29, 0.717) is 5.56 Å². The van der Waals surface area contributed by atoms with E-state index in [4.69, 9.17) is 0 Å². The van der Waals surface area contributed by atoms with Crippen LogP contribution in [-0.2, 0) is 28.4 Å². The van der Waals surface area contributed by atoms with Crippen LogP contribution in [0.2, 0.25) is 0 Å². The molecular weight excluding hydrogens is 483 g/mol. The minimum absolute atomic E-state index is 0.0105. The van der Waals surface area contributed by atoms with E-state index >= 15 is 0 Å². The molecule has 0 bridgehead atoms. The molecule has 184 valence electrons. The molecule has 1 unspecified atom stereocenters. The predicted molar refractivity (Wildman–Crippen MR) is 99.6 cm³/mol. The molecule has 2 heterocycles. The molecule has 1 saturated heterocycles. The number of hydrogen-bond donors (Lipinski definition) is 2. The highest BCUT2D eigenvalue weighted by molar-refractivity contribution is 6.01. The third-order valence-electron chi connectivity index (χ3n) is 5.83. The molecular formula is C21H15F9N2O2. The molecule has 2 aromatic carbocycles. The van der Waals surface area contributed by atoms with Gasteiger partial charge in [-0.2, -0.15) is 39.5 Å². The van der Waals surface area contributed by atoms with Crippen molar-refractivity contribution in [2.45, 2.75) is 36.2 Å². The zero-order valence-electron chi connectivity index (χ0n) is 16.9. The molecule has 0 radical (unpaired) electrons. The van der Waals surface area contributed by atoms with Gasteiger partial charge in [0, 0.05) is 25.1 Å². The van der Waals surface area contributed by atoms with E-state index in [1.165, 1.54) is 24.3 Å². The van der Waals surface area contributed by atoms with Crippen LogP contribution in [0.1, 0.15) is 34.2 Å². The second-order valence-electron chi connectivity index (χ2n) is 8.14. The number of nitrogens with zero attached hydrogens (tertiary/aromatic N) is 1. The fourth-order valence-corrected chi connectivity index (χ4v) is 3.79. The van der Waals surface area contributed by atoms with Crippen LogP contribution in [0.4, 0.5) is 39.5 Å². The van der Waals surface area contributed by atoms with Crippen LogP contribution in [0, 0.1) is 0 Å². The molecule has 2 aliphatic rings. The van der Waals surface area contributed by atoms with Crippen LogP contribution in [0.5, 0.6) is 0 Å². The second-order valence-corrected chi connectivity index (χ2v) is 8.14. The fraction of sp³-hybridized carbons (Fsp3) is 0.381. The van der Waals surface area contributed by atoms with Crippen LogP contribution in [0.3, 0.4) is 0 Å². The van der Waals surface area contributed by atoms with E-state index in [2.05, 4.69) is 15.3 Å². The third kappa shape index (κ3) is 4.11. The number of oxime groups is 1. The molecule has 2 aromatic rings. The Balaban J connectivity index is 1.74. The van der Waals surface area contributed by atoms with Crippen molar-refractivity contribution >= 4 is 5.71 Å². The van der Waals surface area contributed by atoms with Gasteiger partial charge in [-0.25, -0.2) is 0 Å². The molecule has 2 aliphatic heterocycles. The van der Waals surface area contributed by atoms with Gasteiger partial charge in [-0.05, 0) is 29.3 Å². The Morgan fingerprint density at radius 2 is 1.32 bits per heavy atom. The molecule has 4 nitrogen and oxygen atoms in total. The van der Waals surface area contributed by atoms with Gasteiger partial charge in [-0.1, -0.05) is 29.4 Å².